The van der Waals surface area contributed by atoms with Crippen LogP contribution < -0.4 is 9.47 Å². The largest absolute Gasteiger partial charge is 0.484 e. The van der Waals surface area contributed by atoms with Gasteiger partial charge in [0.25, 0.3) is 5.91 Å². The van der Waals surface area contributed by atoms with Crippen molar-refractivity contribution >= 4 is 11.9 Å². The Labute approximate surface area is 145 Å². The number of amides is 1. The van der Waals surface area contributed by atoms with E-state index < -0.39 is 11.9 Å². The van der Waals surface area contributed by atoms with Gasteiger partial charge < -0.3 is 19.5 Å². The Hall–Kier alpha value is -3.09. The standard InChI is InChI=1S/C18H20N2O5/c1-13(18(22)23)11-20(2)17(21)12-24-14-6-8-15(9-7-14)25-16-5-3-4-10-19-16/h3-10,13H,11-12H2,1-2H3,(H,22,23)/t13-/m1/s1. The van der Waals surface area contributed by atoms with E-state index in [1.54, 1.807) is 56.6 Å². The van der Waals surface area contributed by atoms with Crippen molar-refractivity contribution in [1.82, 2.24) is 9.88 Å². The first kappa shape index (κ1) is 18.3. The summed E-state index contributed by atoms with van der Waals surface area (Å²) in [6, 6.07) is 12.2. The number of aromatic nitrogens is 1. The molecule has 1 aromatic carbocycles. The van der Waals surface area contributed by atoms with Gasteiger partial charge in [0, 0.05) is 25.9 Å². The summed E-state index contributed by atoms with van der Waals surface area (Å²) in [4.78, 5) is 28.2. The Morgan fingerprint density at radius 3 is 2.44 bits per heavy atom. The quantitative estimate of drug-likeness (QED) is 0.791. The van der Waals surface area contributed by atoms with Gasteiger partial charge in [0.1, 0.15) is 11.5 Å². The topological polar surface area (TPSA) is 89.0 Å². The van der Waals surface area contributed by atoms with Crippen molar-refractivity contribution in [2.45, 2.75) is 6.92 Å². The molecule has 0 fully saturated rings. The van der Waals surface area contributed by atoms with Crippen molar-refractivity contribution in [2.75, 3.05) is 20.2 Å². The maximum Gasteiger partial charge on any atom is 0.308 e. The maximum atomic E-state index is 12.0. The van der Waals surface area contributed by atoms with Gasteiger partial charge in [-0.15, -0.1) is 0 Å². The molecular weight excluding hydrogens is 324 g/mol. The summed E-state index contributed by atoms with van der Waals surface area (Å²) in [5, 5.41) is 8.87. The van der Waals surface area contributed by atoms with Crippen LogP contribution in [0.3, 0.4) is 0 Å². The zero-order valence-corrected chi connectivity index (χ0v) is 14.1. The highest BCUT2D eigenvalue weighted by atomic mass is 16.5. The van der Waals surface area contributed by atoms with Crippen LogP contribution in [0.1, 0.15) is 6.92 Å². The van der Waals surface area contributed by atoms with E-state index >= 15 is 0 Å². The van der Waals surface area contributed by atoms with Crippen LogP contribution in [-0.2, 0) is 9.59 Å². The molecule has 0 bridgehead atoms. The Morgan fingerprint density at radius 1 is 1.16 bits per heavy atom. The highest BCUT2D eigenvalue weighted by molar-refractivity contribution is 5.78. The summed E-state index contributed by atoms with van der Waals surface area (Å²) in [5.74, 6) is -0.255. The molecule has 25 heavy (non-hydrogen) atoms. The summed E-state index contributed by atoms with van der Waals surface area (Å²) in [6.07, 6.45) is 1.64. The van der Waals surface area contributed by atoms with E-state index in [1.807, 2.05) is 6.07 Å². The fourth-order valence-electron chi connectivity index (χ4n) is 1.98. The number of carboxylic acid groups (broad SMARTS) is 1. The van der Waals surface area contributed by atoms with Gasteiger partial charge in [-0.05, 0) is 30.3 Å². The van der Waals surface area contributed by atoms with E-state index in [1.165, 1.54) is 4.90 Å². The van der Waals surface area contributed by atoms with E-state index in [-0.39, 0.29) is 19.1 Å². The second-order valence-electron chi connectivity index (χ2n) is 5.54. The van der Waals surface area contributed by atoms with Crippen LogP contribution in [0.15, 0.2) is 48.7 Å². The highest BCUT2D eigenvalue weighted by Crippen LogP contribution is 2.22. The van der Waals surface area contributed by atoms with Gasteiger partial charge in [-0.2, -0.15) is 0 Å². The van der Waals surface area contributed by atoms with Crippen LogP contribution in [0.25, 0.3) is 0 Å². The molecule has 0 aliphatic carbocycles. The van der Waals surface area contributed by atoms with Gasteiger partial charge >= 0.3 is 5.97 Å². The number of pyridine rings is 1. The smallest absolute Gasteiger partial charge is 0.308 e. The number of carbonyl (C=O) groups excluding carboxylic acids is 1. The molecule has 132 valence electrons. The predicted molar refractivity (Wildman–Crippen MR) is 90.7 cm³/mol. The molecule has 1 amide bonds. The van der Waals surface area contributed by atoms with E-state index in [0.29, 0.717) is 17.4 Å². The number of ether oxygens (including phenoxy) is 2. The molecule has 0 aliphatic rings. The molecule has 1 N–H and O–H groups in total. The van der Waals surface area contributed by atoms with E-state index in [2.05, 4.69) is 4.98 Å². The Morgan fingerprint density at radius 2 is 1.84 bits per heavy atom. The van der Waals surface area contributed by atoms with Crippen molar-refractivity contribution in [3.05, 3.63) is 48.7 Å². The Balaban J connectivity index is 1.83. The first-order valence-electron chi connectivity index (χ1n) is 7.74. The minimum Gasteiger partial charge on any atom is -0.484 e. The second kappa shape index (κ2) is 8.68. The monoisotopic (exact) mass is 344 g/mol. The average molecular weight is 344 g/mol. The SMILES string of the molecule is C[C@H](CN(C)C(=O)COc1ccc(Oc2ccccn2)cc1)C(=O)O. The van der Waals surface area contributed by atoms with Gasteiger partial charge in [-0.3, -0.25) is 9.59 Å². The number of carboxylic acids is 1. The number of likely N-dealkylation sites (N-methyl/N-ethyl adjacent to an activating group) is 1. The number of aliphatic carboxylic acids is 1. The zero-order chi connectivity index (χ0) is 18.2. The molecule has 1 atom stereocenters. The van der Waals surface area contributed by atoms with Crippen molar-refractivity contribution < 1.29 is 24.2 Å². The minimum atomic E-state index is -0.941. The number of rotatable bonds is 8. The van der Waals surface area contributed by atoms with Crippen LogP contribution in [0.5, 0.6) is 17.4 Å². The minimum absolute atomic E-state index is 0.133. The molecule has 2 rings (SSSR count). The first-order chi connectivity index (χ1) is 12.0. The summed E-state index contributed by atoms with van der Waals surface area (Å²) >= 11 is 0. The van der Waals surface area contributed by atoms with Crippen molar-refractivity contribution in [2.24, 2.45) is 5.92 Å². The van der Waals surface area contributed by atoms with E-state index in [0.717, 1.165) is 0 Å². The Bertz CT molecular complexity index is 703. The normalized spacial score (nSPS) is 11.4. The molecule has 0 aliphatic heterocycles. The lowest BCUT2D eigenvalue weighted by atomic mass is 10.2. The third-order valence-electron chi connectivity index (χ3n) is 3.44. The molecule has 0 saturated carbocycles. The van der Waals surface area contributed by atoms with Gasteiger partial charge in [0.05, 0.1) is 5.92 Å². The molecule has 2 aromatic rings. The van der Waals surface area contributed by atoms with Crippen LogP contribution in [0.4, 0.5) is 0 Å². The predicted octanol–water partition coefficient (Wildman–Crippen LogP) is 2.43. The third-order valence-corrected chi connectivity index (χ3v) is 3.44. The number of hydrogen-bond acceptors (Lipinski definition) is 5. The summed E-state index contributed by atoms with van der Waals surface area (Å²) in [5.41, 5.74) is 0. The molecule has 7 heteroatoms. The van der Waals surface area contributed by atoms with E-state index in [4.69, 9.17) is 14.6 Å². The van der Waals surface area contributed by atoms with Crippen molar-refractivity contribution in [1.29, 1.82) is 0 Å². The third kappa shape index (κ3) is 5.80. The molecular formula is C18H20N2O5. The fraction of sp³-hybridized carbons (Fsp3) is 0.278. The number of nitrogens with zero attached hydrogens (tertiary/aromatic N) is 2. The van der Waals surface area contributed by atoms with Crippen LogP contribution >= 0.6 is 0 Å². The molecule has 0 radical (unpaired) electrons. The lowest BCUT2D eigenvalue weighted by molar-refractivity contribution is -0.143. The molecule has 1 aromatic heterocycles. The lowest BCUT2D eigenvalue weighted by Gasteiger charge is -2.19. The molecule has 0 spiro atoms. The number of carbonyl (C=O) groups is 2. The molecule has 7 nitrogen and oxygen atoms in total. The van der Waals surface area contributed by atoms with E-state index in [9.17, 15) is 9.59 Å². The maximum absolute atomic E-state index is 12.0. The zero-order valence-electron chi connectivity index (χ0n) is 14.1. The van der Waals surface area contributed by atoms with Crippen molar-refractivity contribution in [3.63, 3.8) is 0 Å². The second-order valence-corrected chi connectivity index (χ2v) is 5.54. The van der Waals surface area contributed by atoms with Crippen LogP contribution in [0.2, 0.25) is 0 Å². The Kier molecular flexibility index (Phi) is 6.33. The van der Waals surface area contributed by atoms with Gasteiger partial charge in [-0.1, -0.05) is 13.0 Å². The van der Waals surface area contributed by atoms with Crippen LogP contribution in [-0.4, -0.2) is 47.1 Å². The number of benzene rings is 1. The van der Waals surface area contributed by atoms with Crippen molar-refractivity contribution in [3.8, 4) is 17.4 Å². The highest BCUT2D eigenvalue weighted by Gasteiger charge is 2.17. The summed E-state index contributed by atoms with van der Waals surface area (Å²) < 4.78 is 11.0. The molecule has 0 saturated heterocycles. The fourth-order valence-corrected chi connectivity index (χ4v) is 1.98. The first-order valence-corrected chi connectivity index (χ1v) is 7.74. The van der Waals surface area contributed by atoms with Gasteiger partial charge in [0.2, 0.25) is 5.88 Å². The molecule has 0 unspecified atom stereocenters. The lowest BCUT2D eigenvalue weighted by Crippen LogP contribution is -2.36. The summed E-state index contributed by atoms with van der Waals surface area (Å²) in [7, 11) is 1.55. The number of hydrogen-bond donors (Lipinski definition) is 1. The summed E-state index contributed by atoms with van der Waals surface area (Å²) in [6.45, 7) is 1.52. The van der Waals surface area contributed by atoms with Gasteiger partial charge in [0.15, 0.2) is 6.61 Å². The average Bonchev–Trinajstić information content (AvgIpc) is 2.61. The van der Waals surface area contributed by atoms with Gasteiger partial charge in [-0.25, -0.2) is 4.98 Å². The van der Waals surface area contributed by atoms with Crippen LogP contribution in [0, 0.1) is 5.92 Å². The molecule has 1 heterocycles.